The lowest BCUT2D eigenvalue weighted by Crippen LogP contribution is -2.33. The van der Waals surface area contributed by atoms with Crippen LogP contribution in [0, 0.1) is 0 Å². The van der Waals surface area contributed by atoms with E-state index in [0.29, 0.717) is 21.9 Å². The number of aromatic nitrogens is 5. The summed E-state index contributed by atoms with van der Waals surface area (Å²) >= 11 is 1.41. The minimum absolute atomic E-state index is 0.166. The first-order chi connectivity index (χ1) is 12.8. The Hall–Kier alpha value is -2.48. The van der Waals surface area contributed by atoms with Gasteiger partial charge in [0.1, 0.15) is 11.4 Å². The molecule has 0 aliphatic carbocycles. The molecule has 3 aromatic rings. The Bertz CT molecular complexity index is 889. The molecule has 8 heteroatoms. The van der Waals surface area contributed by atoms with Gasteiger partial charge in [0.05, 0.1) is 11.4 Å². The van der Waals surface area contributed by atoms with Gasteiger partial charge in [0.15, 0.2) is 11.2 Å². The molecule has 0 radical (unpaired) electrons. The second-order valence-corrected chi connectivity index (χ2v) is 7.24. The molecule has 26 heavy (non-hydrogen) atoms. The first kappa shape index (κ1) is 17.0. The van der Waals surface area contributed by atoms with Gasteiger partial charge >= 0.3 is 0 Å². The highest BCUT2D eigenvalue weighted by Crippen LogP contribution is 2.24. The van der Waals surface area contributed by atoms with Gasteiger partial charge in [-0.25, -0.2) is 9.97 Å². The van der Waals surface area contributed by atoms with Crippen LogP contribution in [0.3, 0.4) is 0 Å². The Morgan fingerprint density at radius 1 is 1.04 bits per heavy atom. The molecule has 1 aliphatic heterocycles. The van der Waals surface area contributed by atoms with Crippen LogP contribution >= 0.6 is 11.8 Å². The van der Waals surface area contributed by atoms with Gasteiger partial charge in [0, 0.05) is 13.1 Å². The molecule has 1 aliphatic rings. The zero-order valence-corrected chi connectivity index (χ0v) is 15.2. The van der Waals surface area contributed by atoms with Crippen LogP contribution in [-0.2, 0) is 4.79 Å². The first-order valence-corrected chi connectivity index (χ1v) is 9.84. The molecular formula is C18H20N6OS. The summed E-state index contributed by atoms with van der Waals surface area (Å²) in [5, 5.41) is 9.15. The van der Waals surface area contributed by atoms with Crippen LogP contribution in [0.15, 0.2) is 41.7 Å². The molecule has 4 rings (SSSR count). The summed E-state index contributed by atoms with van der Waals surface area (Å²) in [6.45, 7) is 1.73. The summed E-state index contributed by atoms with van der Waals surface area (Å²) in [5.74, 6) is 0.531. The van der Waals surface area contributed by atoms with Crippen molar-refractivity contribution in [2.24, 2.45) is 0 Å². The highest BCUT2D eigenvalue weighted by atomic mass is 32.2. The fraction of sp³-hybridized carbons (Fsp3) is 0.389. The molecule has 134 valence electrons. The van der Waals surface area contributed by atoms with Crippen LogP contribution in [0.1, 0.15) is 25.7 Å². The molecular weight excluding hydrogens is 348 g/mol. The SMILES string of the molecule is O=C(CSc1ncnc2c1nnn2-c1ccccc1)N1CCCCCC1. The average molecular weight is 368 g/mol. The lowest BCUT2D eigenvalue weighted by Gasteiger charge is -2.19. The van der Waals surface area contributed by atoms with E-state index in [1.807, 2.05) is 35.2 Å². The standard InChI is InChI=1S/C18H20N6OS/c25-15(23-10-6-1-2-7-11-23)12-26-18-16-17(19-13-20-18)24(22-21-16)14-8-4-3-5-9-14/h3-5,8-9,13H,1-2,6-7,10-12H2. The normalized spacial score (nSPS) is 15.2. The van der Waals surface area contributed by atoms with Crippen molar-refractivity contribution in [2.45, 2.75) is 30.7 Å². The molecule has 1 saturated heterocycles. The molecule has 0 unspecified atom stereocenters. The smallest absolute Gasteiger partial charge is 0.232 e. The summed E-state index contributed by atoms with van der Waals surface area (Å²) in [4.78, 5) is 23.1. The summed E-state index contributed by atoms with van der Waals surface area (Å²) in [6.07, 6.45) is 6.13. The van der Waals surface area contributed by atoms with Crippen molar-refractivity contribution in [3.63, 3.8) is 0 Å². The van der Waals surface area contributed by atoms with E-state index in [-0.39, 0.29) is 5.91 Å². The topological polar surface area (TPSA) is 76.8 Å². The van der Waals surface area contributed by atoms with E-state index in [9.17, 15) is 4.79 Å². The zero-order chi connectivity index (χ0) is 17.8. The number of nitrogens with zero attached hydrogens (tertiary/aromatic N) is 6. The van der Waals surface area contributed by atoms with Crippen LogP contribution in [-0.4, -0.2) is 54.6 Å². The molecule has 1 fully saturated rings. The second-order valence-electron chi connectivity index (χ2n) is 6.27. The molecule has 0 N–H and O–H groups in total. The van der Waals surface area contributed by atoms with Gasteiger partial charge in [-0.3, -0.25) is 4.79 Å². The number of hydrogen-bond donors (Lipinski definition) is 0. The van der Waals surface area contributed by atoms with Crippen LogP contribution in [0.25, 0.3) is 16.9 Å². The van der Waals surface area contributed by atoms with Gasteiger partial charge < -0.3 is 4.90 Å². The van der Waals surface area contributed by atoms with Gasteiger partial charge in [-0.1, -0.05) is 48.0 Å². The maximum Gasteiger partial charge on any atom is 0.232 e. The quantitative estimate of drug-likeness (QED) is 0.520. The molecule has 0 bridgehead atoms. The van der Waals surface area contributed by atoms with E-state index in [0.717, 1.165) is 31.6 Å². The van der Waals surface area contributed by atoms with Crippen molar-refractivity contribution in [1.29, 1.82) is 0 Å². The molecule has 0 atom stereocenters. The maximum absolute atomic E-state index is 12.5. The fourth-order valence-corrected chi connectivity index (χ4v) is 3.95. The van der Waals surface area contributed by atoms with Crippen molar-refractivity contribution in [3.8, 4) is 5.69 Å². The van der Waals surface area contributed by atoms with E-state index in [2.05, 4.69) is 20.3 Å². The van der Waals surface area contributed by atoms with E-state index in [1.54, 1.807) is 4.68 Å². The van der Waals surface area contributed by atoms with E-state index in [4.69, 9.17) is 0 Å². The fourth-order valence-electron chi connectivity index (χ4n) is 3.12. The van der Waals surface area contributed by atoms with Crippen LogP contribution in [0.4, 0.5) is 0 Å². The van der Waals surface area contributed by atoms with Gasteiger partial charge in [-0.05, 0) is 25.0 Å². The number of carbonyl (C=O) groups excluding carboxylic acids is 1. The number of likely N-dealkylation sites (tertiary alicyclic amines) is 1. The van der Waals surface area contributed by atoms with Gasteiger partial charge in [0.2, 0.25) is 5.91 Å². The Balaban J connectivity index is 1.52. The third-order valence-corrected chi connectivity index (χ3v) is 5.46. The van der Waals surface area contributed by atoms with Gasteiger partial charge in [-0.2, -0.15) is 4.68 Å². The maximum atomic E-state index is 12.5. The molecule has 0 spiro atoms. The Morgan fingerprint density at radius 2 is 1.81 bits per heavy atom. The van der Waals surface area contributed by atoms with Gasteiger partial charge in [0.25, 0.3) is 0 Å². The summed E-state index contributed by atoms with van der Waals surface area (Å²) in [7, 11) is 0. The minimum atomic E-state index is 0.166. The number of carbonyl (C=O) groups is 1. The number of benzene rings is 1. The Morgan fingerprint density at radius 3 is 2.58 bits per heavy atom. The minimum Gasteiger partial charge on any atom is -0.342 e. The average Bonchev–Trinajstić information content (AvgIpc) is 2.93. The van der Waals surface area contributed by atoms with Crippen LogP contribution in [0.5, 0.6) is 0 Å². The predicted molar refractivity (Wildman–Crippen MR) is 100 cm³/mol. The van der Waals surface area contributed by atoms with Crippen molar-refractivity contribution < 1.29 is 4.79 Å². The summed E-state index contributed by atoms with van der Waals surface area (Å²) < 4.78 is 1.69. The Kier molecular flexibility index (Phi) is 5.10. The number of fused-ring (bicyclic) bond motifs is 1. The predicted octanol–water partition coefficient (Wildman–Crippen LogP) is 2.71. The lowest BCUT2D eigenvalue weighted by atomic mass is 10.2. The number of para-hydroxylation sites is 1. The van der Waals surface area contributed by atoms with Gasteiger partial charge in [-0.15, -0.1) is 5.10 Å². The zero-order valence-electron chi connectivity index (χ0n) is 14.4. The third-order valence-electron chi connectivity index (χ3n) is 4.50. The summed E-state index contributed by atoms with van der Waals surface area (Å²) in [5.41, 5.74) is 2.17. The van der Waals surface area contributed by atoms with Crippen molar-refractivity contribution in [3.05, 3.63) is 36.7 Å². The van der Waals surface area contributed by atoms with Crippen LogP contribution in [0.2, 0.25) is 0 Å². The highest BCUT2D eigenvalue weighted by Gasteiger charge is 2.18. The van der Waals surface area contributed by atoms with Crippen molar-refractivity contribution in [2.75, 3.05) is 18.8 Å². The number of thioether (sulfide) groups is 1. The van der Waals surface area contributed by atoms with Crippen molar-refractivity contribution >= 4 is 28.8 Å². The highest BCUT2D eigenvalue weighted by molar-refractivity contribution is 8.00. The number of hydrogen-bond acceptors (Lipinski definition) is 6. The first-order valence-electron chi connectivity index (χ1n) is 8.85. The van der Waals surface area contributed by atoms with E-state index >= 15 is 0 Å². The molecule has 1 aromatic carbocycles. The molecule has 7 nitrogen and oxygen atoms in total. The van der Waals surface area contributed by atoms with E-state index in [1.165, 1.54) is 30.9 Å². The molecule has 0 saturated carbocycles. The molecule has 2 aromatic heterocycles. The third kappa shape index (κ3) is 3.55. The van der Waals surface area contributed by atoms with Crippen LogP contribution < -0.4 is 0 Å². The molecule has 3 heterocycles. The largest absolute Gasteiger partial charge is 0.342 e. The monoisotopic (exact) mass is 368 g/mol. The second kappa shape index (κ2) is 7.82. The Labute approximate surface area is 155 Å². The lowest BCUT2D eigenvalue weighted by molar-refractivity contribution is -0.128. The number of rotatable bonds is 4. The van der Waals surface area contributed by atoms with E-state index < -0.39 is 0 Å². The van der Waals surface area contributed by atoms with Crippen molar-refractivity contribution in [1.82, 2.24) is 29.9 Å². The summed E-state index contributed by atoms with van der Waals surface area (Å²) in [6, 6.07) is 9.74. The molecule has 1 amide bonds. The number of amides is 1.